The SMILES string of the molecule is CCOc1ccccc1[C@H]1[C@@H]2CCCC[C@@]2(O)CCN1C(=O)c1ccccc1OC. The summed E-state index contributed by atoms with van der Waals surface area (Å²) in [4.78, 5) is 15.7. The van der Waals surface area contributed by atoms with E-state index in [4.69, 9.17) is 9.47 Å². The Bertz CT molecular complexity index is 898. The van der Waals surface area contributed by atoms with Gasteiger partial charge in [0.15, 0.2) is 0 Å². The predicted molar refractivity (Wildman–Crippen MR) is 116 cm³/mol. The van der Waals surface area contributed by atoms with Crippen LogP contribution in [0.2, 0.25) is 0 Å². The number of methoxy groups -OCH3 is 1. The third kappa shape index (κ3) is 3.67. The van der Waals surface area contributed by atoms with Gasteiger partial charge in [-0.05, 0) is 44.4 Å². The summed E-state index contributed by atoms with van der Waals surface area (Å²) in [5.74, 6) is 1.29. The van der Waals surface area contributed by atoms with Gasteiger partial charge < -0.3 is 19.5 Å². The number of hydrogen-bond donors (Lipinski definition) is 1. The van der Waals surface area contributed by atoms with Crippen molar-refractivity contribution in [2.45, 2.75) is 50.7 Å². The van der Waals surface area contributed by atoms with Crippen LogP contribution in [0.15, 0.2) is 48.5 Å². The molecule has 30 heavy (non-hydrogen) atoms. The maximum atomic E-state index is 13.7. The molecule has 1 aliphatic carbocycles. The number of fused-ring (bicyclic) bond motifs is 1. The Morgan fingerprint density at radius 3 is 2.60 bits per heavy atom. The minimum Gasteiger partial charge on any atom is -0.496 e. The van der Waals surface area contributed by atoms with E-state index in [9.17, 15) is 9.90 Å². The molecule has 2 aliphatic rings. The van der Waals surface area contributed by atoms with Gasteiger partial charge in [-0.25, -0.2) is 0 Å². The van der Waals surface area contributed by atoms with Crippen molar-refractivity contribution in [2.24, 2.45) is 5.92 Å². The summed E-state index contributed by atoms with van der Waals surface area (Å²) < 4.78 is 11.4. The van der Waals surface area contributed by atoms with Crippen molar-refractivity contribution in [3.63, 3.8) is 0 Å². The highest BCUT2D eigenvalue weighted by atomic mass is 16.5. The van der Waals surface area contributed by atoms with Crippen LogP contribution in [0.5, 0.6) is 11.5 Å². The molecule has 0 aromatic heterocycles. The van der Waals surface area contributed by atoms with Gasteiger partial charge in [0.1, 0.15) is 11.5 Å². The minimum atomic E-state index is -0.736. The first-order valence-electron chi connectivity index (χ1n) is 11.0. The van der Waals surface area contributed by atoms with E-state index >= 15 is 0 Å². The first-order chi connectivity index (χ1) is 14.6. The van der Waals surface area contributed by atoms with E-state index in [-0.39, 0.29) is 17.9 Å². The van der Waals surface area contributed by atoms with Gasteiger partial charge in [0.25, 0.3) is 5.91 Å². The number of nitrogens with zero attached hydrogens (tertiary/aromatic N) is 1. The van der Waals surface area contributed by atoms with Gasteiger partial charge in [-0.15, -0.1) is 0 Å². The van der Waals surface area contributed by atoms with Crippen LogP contribution in [0.4, 0.5) is 0 Å². The van der Waals surface area contributed by atoms with Crippen LogP contribution < -0.4 is 9.47 Å². The second-order valence-electron chi connectivity index (χ2n) is 8.32. The third-order valence-corrected chi connectivity index (χ3v) is 6.70. The second-order valence-corrected chi connectivity index (χ2v) is 8.32. The molecule has 1 saturated heterocycles. The van der Waals surface area contributed by atoms with Crippen LogP contribution in [0, 0.1) is 5.92 Å². The van der Waals surface area contributed by atoms with Gasteiger partial charge in [-0.1, -0.05) is 43.2 Å². The van der Waals surface area contributed by atoms with Crippen molar-refractivity contribution in [1.82, 2.24) is 4.90 Å². The van der Waals surface area contributed by atoms with Crippen LogP contribution in [0.25, 0.3) is 0 Å². The summed E-state index contributed by atoms with van der Waals surface area (Å²) >= 11 is 0. The molecule has 160 valence electrons. The average molecular weight is 410 g/mol. The fraction of sp³-hybridized carbons (Fsp3) is 0.480. The summed E-state index contributed by atoms with van der Waals surface area (Å²) in [7, 11) is 1.59. The Morgan fingerprint density at radius 2 is 1.83 bits per heavy atom. The van der Waals surface area contributed by atoms with Crippen LogP contribution in [0.1, 0.15) is 61.0 Å². The molecule has 2 aromatic carbocycles. The zero-order chi connectivity index (χ0) is 21.1. The number of aliphatic hydroxyl groups is 1. The smallest absolute Gasteiger partial charge is 0.258 e. The monoisotopic (exact) mass is 409 g/mol. The number of piperidine rings is 1. The van der Waals surface area contributed by atoms with E-state index in [0.717, 1.165) is 37.0 Å². The highest BCUT2D eigenvalue weighted by Gasteiger charge is 2.51. The van der Waals surface area contributed by atoms with Crippen molar-refractivity contribution in [1.29, 1.82) is 0 Å². The van der Waals surface area contributed by atoms with Gasteiger partial charge in [0.2, 0.25) is 0 Å². The van der Waals surface area contributed by atoms with Crippen LogP contribution in [-0.4, -0.2) is 41.8 Å². The Balaban J connectivity index is 1.80. The molecule has 1 amide bonds. The fourth-order valence-corrected chi connectivity index (χ4v) is 5.28. The Hall–Kier alpha value is -2.53. The average Bonchev–Trinajstić information content (AvgIpc) is 2.78. The molecule has 5 nitrogen and oxygen atoms in total. The molecule has 1 N–H and O–H groups in total. The van der Waals surface area contributed by atoms with E-state index in [2.05, 4.69) is 0 Å². The topological polar surface area (TPSA) is 59.0 Å². The van der Waals surface area contributed by atoms with Crippen molar-refractivity contribution in [2.75, 3.05) is 20.3 Å². The molecule has 3 atom stereocenters. The number of carbonyl (C=O) groups excluding carboxylic acids is 1. The number of ether oxygens (including phenoxy) is 2. The van der Waals surface area contributed by atoms with Crippen LogP contribution in [-0.2, 0) is 0 Å². The van der Waals surface area contributed by atoms with E-state index in [1.807, 2.05) is 60.4 Å². The molecule has 5 heteroatoms. The Morgan fingerprint density at radius 1 is 1.10 bits per heavy atom. The molecule has 0 spiro atoms. The predicted octanol–water partition coefficient (Wildman–Crippen LogP) is 4.60. The van der Waals surface area contributed by atoms with E-state index in [1.54, 1.807) is 7.11 Å². The summed E-state index contributed by atoms with van der Waals surface area (Å²) in [6.45, 7) is 3.03. The summed E-state index contributed by atoms with van der Waals surface area (Å²) in [5, 5.41) is 11.5. The number of carbonyl (C=O) groups is 1. The highest BCUT2D eigenvalue weighted by molar-refractivity contribution is 5.97. The summed E-state index contributed by atoms with van der Waals surface area (Å²) in [6, 6.07) is 15.1. The zero-order valence-electron chi connectivity index (χ0n) is 17.8. The second kappa shape index (κ2) is 8.68. The molecule has 0 unspecified atom stereocenters. The third-order valence-electron chi connectivity index (χ3n) is 6.70. The highest BCUT2D eigenvalue weighted by Crippen LogP contribution is 2.51. The standard InChI is InChI=1S/C25H31NO4/c1-3-30-22-14-7-4-10-18(22)23-20-12-8-9-15-25(20,28)16-17-26(23)24(27)19-11-5-6-13-21(19)29-2/h4-7,10-11,13-14,20,23,28H,3,8-9,12,15-17H2,1-2H3/t20-,23-,25+/m0/s1. The molecule has 0 radical (unpaired) electrons. The molecule has 1 aliphatic heterocycles. The van der Waals surface area contributed by atoms with Crippen molar-refractivity contribution < 1.29 is 19.4 Å². The van der Waals surface area contributed by atoms with Crippen LogP contribution >= 0.6 is 0 Å². The lowest BCUT2D eigenvalue weighted by Gasteiger charge is -2.52. The first kappa shape index (κ1) is 20.7. The number of likely N-dealkylation sites (tertiary alicyclic amines) is 1. The van der Waals surface area contributed by atoms with Crippen LogP contribution in [0.3, 0.4) is 0 Å². The maximum absolute atomic E-state index is 13.7. The molecule has 1 heterocycles. The van der Waals surface area contributed by atoms with Gasteiger partial charge >= 0.3 is 0 Å². The molecule has 2 fully saturated rings. The van der Waals surface area contributed by atoms with Gasteiger partial charge in [-0.3, -0.25) is 4.79 Å². The molecular weight excluding hydrogens is 378 g/mol. The molecule has 1 saturated carbocycles. The number of hydrogen-bond acceptors (Lipinski definition) is 4. The van der Waals surface area contributed by atoms with Crippen molar-refractivity contribution >= 4 is 5.91 Å². The summed E-state index contributed by atoms with van der Waals surface area (Å²) in [5.41, 5.74) is 0.799. The van der Waals surface area contributed by atoms with Crippen molar-refractivity contribution in [3.05, 3.63) is 59.7 Å². The zero-order valence-corrected chi connectivity index (χ0v) is 17.8. The van der Waals surface area contributed by atoms with Crippen molar-refractivity contribution in [3.8, 4) is 11.5 Å². The fourth-order valence-electron chi connectivity index (χ4n) is 5.28. The Kier molecular flexibility index (Phi) is 6.00. The minimum absolute atomic E-state index is 0.0136. The van der Waals surface area contributed by atoms with Gasteiger partial charge in [0.05, 0.1) is 30.9 Å². The Labute approximate surface area is 178 Å². The molecule has 0 bridgehead atoms. The number of para-hydroxylation sites is 2. The largest absolute Gasteiger partial charge is 0.496 e. The van der Waals surface area contributed by atoms with E-state index in [0.29, 0.717) is 30.9 Å². The first-order valence-corrected chi connectivity index (χ1v) is 11.0. The van der Waals surface area contributed by atoms with Gasteiger partial charge in [0, 0.05) is 18.0 Å². The van der Waals surface area contributed by atoms with E-state index < -0.39 is 5.60 Å². The van der Waals surface area contributed by atoms with Gasteiger partial charge in [-0.2, -0.15) is 0 Å². The summed E-state index contributed by atoms with van der Waals surface area (Å²) in [6.07, 6.45) is 4.40. The lowest BCUT2D eigenvalue weighted by Crippen LogP contribution is -2.56. The lowest BCUT2D eigenvalue weighted by molar-refractivity contribution is -0.115. The van der Waals surface area contributed by atoms with E-state index in [1.165, 1.54) is 0 Å². The number of amides is 1. The lowest BCUT2D eigenvalue weighted by atomic mass is 9.66. The number of rotatable bonds is 5. The molecular formula is C25H31NO4. The molecule has 4 rings (SSSR count). The normalized spacial score (nSPS) is 26.0. The maximum Gasteiger partial charge on any atom is 0.258 e. The quantitative estimate of drug-likeness (QED) is 0.784. The number of benzene rings is 2. The molecule has 2 aromatic rings.